The van der Waals surface area contributed by atoms with Gasteiger partial charge in [0.05, 0.1) is 13.7 Å². The third-order valence-corrected chi connectivity index (χ3v) is 5.96. The lowest BCUT2D eigenvalue weighted by molar-refractivity contribution is -0.116. The van der Waals surface area contributed by atoms with Crippen LogP contribution in [0.2, 0.25) is 0 Å². The van der Waals surface area contributed by atoms with Gasteiger partial charge in [-0.2, -0.15) is 4.31 Å². The second kappa shape index (κ2) is 8.61. The van der Waals surface area contributed by atoms with Crippen LogP contribution in [0.1, 0.15) is 6.92 Å². The maximum absolute atomic E-state index is 13.5. The molecule has 1 N–H and O–H groups in total. The monoisotopic (exact) mass is 444 g/mol. The predicted molar refractivity (Wildman–Crippen MR) is 100 cm³/mol. The van der Waals surface area contributed by atoms with Crippen molar-refractivity contribution in [1.82, 2.24) is 4.31 Å². The molecule has 0 aliphatic carbocycles. The van der Waals surface area contributed by atoms with Gasteiger partial charge in [-0.15, -0.1) is 0 Å². The summed E-state index contributed by atoms with van der Waals surface area (Å²) < 4.78 is 46.0. The number of carbonyl (C=O) groups is 1. The molecule has 0 saturated carbocycles. The molecule has 9 heteroatoms. The van der Waals surface area contributed by atoms with Crippen LogP contribution in [0, 0.1) is 5.82 Å². The molecule has 0 spiro atoms. The van der Waals surface area contributed by atoms with E-state index in [0.717, 1.165) is 20.9 Å². The van der Waals surface area contributed by atoms with Gasteiger partial charge in [0.15, 0.2) is 0 Å². The van der Waals surface area contributed by atoms with Crippen LogP contribution in [-0.2, 0) is 14.8 Å². The average molecular weight is 445 g/mol. The molecule has 0 aromatic heterocycles. The fourth-order valence-electron chi connectivity index (χ4n) is 2.28. The molecule has 0 bridgehead atoms. The van der Waals surface area contributed by atoms with E-state index in [9.17, 15) is 17.6 Å². The van der Waals surface area contributed by atoms with Crippen LogP contribution < -0.4 is 10.1 Å². The molecule has 0 aliphatic heterocycles. The van der Waals surface area contributed by atoms with E-state index in [-0.39, 0.29) is 17.2 Å². The lowest BCUT2D eigenvalue weighted by atomic mass is 10.3. The minimum Gasteiger partial charge on any atom is -0.495 e. The van der Waals surface area contributed by atoms with Crippen molar-refractivity contribution < 1.29 is 22.3 Å². The van der Waals surface area contributed by atoms with Gasteiger partial charge in [0.1, 0.15) is 16.5 Å². The van der Waals surface area contributed by atoms with Crippen molar-refractivity contribution in [1.29, 1.82) is 0 Å². The molecule has 2 aromatic carbocycles. The average Bonchev–Trinajstić information content (AvgIpc) is 2.59. The molecular weight excluding hydrogens is 427 g/mol. The highest BCUT2D eigenvalue weighted by atomic mass is 79.9. The zero-order chi connectivity index (χ0) is 19.3. The van der Waals surface area contributed by atoms with Crippen molar-refractivity contribution in [2.45, 2.75) is 11.8 Å². The Morgan fingerprint density at radius 3 is 2.62 bits per heavy atom. The van der Waals surface area contributed by atoms with Crippen LogP contribution in [0.3, 0.4) is 0 Å². The summed E-state index contributed by atoms with van der Waals surface area (Å²) in [6, 6.07) is 10.1. The second-order valence-electron chi connectivity index (χ2n) is 5.28. The third kappa shape index (κ3) is 4.80. The summed E-state index contributed by atoms with van der Waals surface area (Å²) in [6.07, 6.45) is 0. The zero-order valence-corrected chi connectivity index (χ0v) is 16.6. The predicted octanol–water partition coefficient (Wildman–Crippen LogP) is 3.25. The molecule has 0 unspecified atom stereocenters. The Hall–Kier alpha value is -1.97. The Labute approximate surface area is 160 Å². The molecule has 0 heterocycles. The smallest absolute Gasteiger partial charge is 0.247 e. The summed E-state index contributed by atoms with van der Waals surface area (Å²) >= 11 is 3.29. The maximum Gasteiger partial charge on any atom is 0.247 e. The van der Waals surface area contributed by atoms with Gasteiger partial charge < -0.3 is 10.1 Å². The van der Waals surface area contributed by atoms with E-state index in [1.807, 2.05) is 0 Å². The van der Waals surface area contributed by atoms with E-state index < -0.39 is 28.3 Å². The van der Waals surface area contributed by atoms with Crippen LogP contribution in [0.4, 0.5) is 10.1 Å². The highest BCUT2D eigenvalue weighted by Gasteiger charge is 2.29. The van der Waals surface area contributed by atoms with E-state index >= 15 is 0 Å². The van der Waals surface area contributed by atoms with E-state index in [1.54, 1.807) is 31.2 Å². The Morgan fingerprint density at radius 2 is 2.00 bits per heavy atom. The Kier molecular flexibility index (Phi) is 6.74. The zero-order valence-electron chi connectivity index (χ0n) is 14.2. The molecular formula is C17H18BrFN2O4S. The quantitative estimate of drug-likeness (QED) is 0.710. The number of methoxy groups -OCH3 is 1. The fourth-order valence-corrected chi connectivity index (χ4v) is 4.26. The summed E-state index contributed by atoms with van der Waals surface area (Å²) in [4.78, 5) is 11.9. The van der Waals surface area contributed by atoms with Crippen molar-refractivity contribution >= 4 is 37.5 Å². The van der Waals surface area contributed by atoms with Gasteiger partial charge in [-0.05, 0) is 36.4 Å². The van der Waals surface area contributed by atoms with E-state index in [2.05, 4.69) is 21.2 Å². The number of nitrogens with zero attached hydrogens (tertiary/aromatic N) is 1. The number of sulfonamides is 1. The molecule has 1 amide bonds. The number of benzene rings is 2. The first-order valence-corrected chi connectivity index (χ1v) is 9.90. The molecule has 0 aliphatic rings. The number of carbonyl (C=O) groups excluding carboxylic acids is 1. The highest BCUT2D eigenvalue weighted by Crippen LogP contribution is 2.27. The van der Waals surface area contributed by atoms with Crippen LogP contribution >= 0.6 is 15.9 Å². The van der Waals surface area contributed by atoms with Crippen molar-refractivity contribution in [2.24, 2.45) is 0 Å². The van der Waals surface area contributed by atoms with Gasteiger partial charge >= 0.3 is 0 Å². The first kappa shape index (κ1) is 20.3. The minimum atomic E-state index is -4.11. The van der Waals surface area contributed by atoms with Gasteiger partial charge in [0.25, 0.3) is 0 Å². The van der Waals surface area contributed by atoms with E-state index in [1.165, 1.54) is 13.2 Å². The molecule has 0 saturated heterocycles. The number of rotatable bonds is 7. The number of hydrogen-bond acceptors (Lipinski definition) is 4. The first-order valence-electron chi connectivity index (χ1n) is 7.67. The summed E-state index contributed by atoms with van der Waals surface area (Å²) in [5, 5.41) is 2.63. The van der Waals surface area contributed by atoms with Gasteiger partial charge in [0.2, 0.25) is 15.9 Å². The van der Waals surface area contributed by atoms with Crippen molar-refractivity contribution in [3.63, 3.8) is 0 Å². The van der Waals surface area contributed by atoms with E-state index in [4.69, 9.17) is 4.74 Å². The fraction of sp³-hybridized carbons (Fsp3) is 0.235. The van der Waals surface area contributed by atoms with Crippen molar-refractivity contribution in [3.05, 3.63) is 52.8 Å². The topological polar surface area (TPSA) is 75.7 Å². The van der Waals surface area contributed by atoms with Gasteiger partial charge in [-0.3, -0.25) is 4.79 Å². The third-order valence-electron chi connectivity index (χ3n) is 3.52. The number of anilines is 1. The number of amides is 1. The number of hydrogen-bond donors (Lipinski definition) is 1. The Morgan fingerprint density at radius 1 is 1.27 bits per heavy atom. The minimum absolute atomic E-state index is 0.0113. The van der Waals surface area contributed by atoms with Crippen LogP contribution in [0.15, 0.2) is 51.8 Å². The van der Waals surface area contributed by atoms with E-state index in [0.29, 0.717) is 5.69 Å². The Bertz CT molecular complexity index is 905. The molecule has 2 aromatic rings. The summed E-state index contributed by atoms with van der Waals surface area (Å²) in [6.45, 7) is 1.22. The molecule has 0 atom stereocenters. The molecule has 0 fully saturated rings. The first-order chi connectivity index (χ1) is 12.3. The Balaban J connectivity index is 2.24. The number of ether oxygens (including phenoxy) is 1. The maximum atomic E-state index is 13.5. The summed E-state index contributed by atoms with van der Waals surface area (Å²) in [5.41, 5.74) is 0.529. The number of likely N-dealkylation sites (N-methyl/N-ethyl adjacent to an activating group) is 1. The largest absolute Gasteiger partial charge is 0.495 e. The van der Waals surface area contributed by atoms with Gasteiger partial charge in [0, 0.05) is 16.7 Å². The number of nitrogens with one attached hydrogen (secondary N) is 1. The molecule has 26 heavy (non-hydrogen) atoms. The molecule has 6 nitrogen and oxygen atoms in total. The van der Waals surface area contributed by atoms with Crippen LogP contribution in [-0.4, -0.2) is 38.8 Å². The lowest BCUT2D eigenvalue weighted by Crippen LogP contribution is -2.38. The van der Waals surface area contributed by atoms with Gasteiger partial charge in [-0.25, -0.2) is 12.8 Å². The lowest BCUT2D eigenvalue weighted by Gasteiger charge is -2.21. The SMILES string of the molecule is CCN(CC(=O)Nc1cccc(Br)c1)S(=O)(=O)c1cc(F)ccc1OC. The highest BCUT2D eigenvalue weighted by molar-refractivity contribution is 9.10. The standard InChI is InChI=1S/C17H18BrFN2O4S/c1-3-21(11-17(22)20-14-6-4-5-12(18)9-14)26(23,24)16-10-13(19)7-8-15(16)25-2/h4-10H,3,11H2,1-2H3,(H,20,22). The summed E-state index contributed by atoms with van der Waals surface area (Å²) in [5.74, 6) is -1.21. The van der Waals surface area contributed by atoms with Crippen LogP contribution in [0.5, 0.6) is 5.75 Å². The second-order valence-corrected chi connectivity index (χ2v) is 8.11. The molecule has 2 rings (SSSR count). The summed E-state index contributed by atoms with van der Waals surface area (Å²) in [7, 11) is -2.82. The van der Waals surface area contributed by atoms with Crippen LogP contribution in [0.25, 0.3) is 0 Å². The van der Waals surface area contributed by atoms with Crippen molar-refractivity contribution in [2.75, 3.05) is 25.5 Å². The van der Waals surface area contributed by atoms with Gasteiger partial charge in [-0.1, -0.05) is 28.9 Å². The number of halogens is 2. The van der Waals surface area contributed by atoms with Crippen molar-refractivity contribution in [3.8, 4) is 5.75 Å². The molecule has 0 radical (unpaired) electrons. The molecule has 140 valence electrons. The normalized spacial score (nSPS) is 11.4.